The van der Waals surface area contributed by atoms with Crippen molar-refractivity contribution in [1.29, 1.82) is 5.26 Å². The highest BCUT2D eigenvalue weighted by Crippen LogP contribution is 2.19. The van der Waals surface area contributed by atoms with E-state index >= 15 is 0 Å². The Labute approximate surface area is 107 Å². The first kappa shape index (κ1) is 12.6. The number of aryl methyl sites for hydroxylation is 2. The summed E-state index contributed by atoms with van der Waals surface area (Å²) in [5.74, 6) is 0.901. The third-order valence-corrected chi connectivity index (χ3v) is 3.11. The molecule has 0 N–H and O–H groups in total. The summed E-state index contributed by atoms with van der Waals surface area (Å²) in [6, 6.07) is 4.12. The van der Waals surface area contributed by atoms with Crippen molar-refractivity contribution in [3.8, 4) is 6.07 Å². The van der Waals surface area contributed by atoms with E-state index in [0.29, 0.717) is 5.92 Å². The molecule has 0 aromatic carbocycles. The fourth-order valence-corrected chi connectivity index (χ4v) is 2.08. The minimum Gasteiger partial charge on any atom is -0.330 e. The van der Waals surface area contributed by atoms with Gasteiger partial charge in [0.2, 0.25) is 5.82 Å². The second-order valence-corrected chi connectivity index (χ2v) is 4.91. The SMILES string of the molecule is CCc1cc2cnc(C#N)nc2n1CCC(C)C. The summed E-state index contributed by atoms with van der Waals surface area (Å²) in [7, 11) is 0. The summed E-state index contributed by atoms with van der Waals surface area (Å²) in [6.07, 6.45) is 3.82. The van der Waals surface area contributed by atoms with E-state index in [2.05, 4.69) is 41.4 Å². The fourth-order valence-electron chi connectivity index (χ4n) is 2.08. The zero-order chi connectivity index (χ0) is 13.1. The Morgan fingerprint density at radius 2 is 2.22 bits per heavy atom. The van der Waals surface area contributed by atoms with Gasteiger partial charge in [0, 0.05) is 23.8 Å². The van der Waals surface area contributed by atoms with Crippen LogP contribution in [0.15, 0.2) is 12.3 Å². The molecule has 18 heavy (non-hydrogen) atoms. The van der Waals surface area contributed by atoms with Gasteiger partial charge in [0.1, 0.15) is 11.7 Å². The van der Waals surface area contributed by atoms with Crippen molar-refractivity contribution in [2.45, 2.75) is 40.2 Å². The van der Waals surface area contributed by atoms with Crippen LogP contribution in [0, 0.1) is 17.2 Å². The molecule has 2 heterocycles. The van der Waals surface area contributed by atoms with E-state index < -0.39 is 0 Å². The Balaban J connectivity index is 2.49. The molecule has 0 saturated carbocycles. The predicted octanol–water partition coefficient (Wildman–Crippen LogP) is 2.91. The van der Waals surface area contributed by atoms with E-state index in [9.17, 15) is 0 Å². The molecule has 4 nitrogen and oxygen atoms in total. The second kappa shape index (κ2) is 5.18. The maximum atomic E-state index is 8.89. The highest BCUT2D eigenvalue weighted by molar-refractivity contribution is 5.76. The lowest BCUT2D eigenvalue weighted by Gasteiger charge is -2.10. The Morgan fingerprint density at radius 3 is 2.83 bits per heavy atom. The maximum Gasteiger partial charge on any atom is 0.234 e. The first-order chi connectivity index (χ1) is 8.65. The number of nitrogens with zero attached hydrogens (tertiary/aromatic N) is 4. The van der Waals surface area contributed by atoms with Crippen molar-refractivity contribution in [3.05, 3.63) is 23.8 Å². The van der Waals surface area contributed by atoms with Gasteiger partial charge in [-0.1, -0.05) is 20.8 Å². The fraction of sp³-hybridized carbons (Fsp3) is 0.500. The molecule has 4 heteroatoms. The van der Waals surface area contributed by atoms with Crippen LogP contribution in [-0.4, -0.2) is 14.5 Å². The Hall–Kier alpha value is -1.89. The van der Waals surface area contributed by atoms with Gasteiger partial charge in [-0.25, -0.2) is 9.97 Å². The number of aromatic nitrogens is 3. The average Bonchev–Trinajstić information content (AvgIpc) is 2.72. The average molecular weight is 242 g/mol. The minimum absolute atomic E-state index is 0.244. The van der Waals surface area contributed by atoms with Crippen LogP contribution in [0.4, 0.5) is 0 Å². The molecule has 0 aliphatic heterocycles. The van der Waals surface area contributed by atoms with E-state index in [1.54, 1.807) is 6.20 Å². The van der Waals surface area contributed by atoms with E-state index in [1.807, 2.05) is 6.07 Å². The normalized spacial score (nSPS) is 11.1. The number of nitriles is 1. The molecule has 0 radical (unpaired) electrons. The van der Waals surface area contributed by atoms with E-state index in [1.165, 1.54) is 5.69 Å². The van der Waals surface area contributed by atoms with E-state index in [0.717, 1.165) is 30.4 Å². The molecule has 2 aromatic heterocycles. The number of hydrogen-bond acceptors (Lipinski definition) is 3. The summed E-state index contributed by atoms with van der Waals surface area (Å²) in [5.41, 5.74) is 2.15. The molecule has 2 rings (SSSR count). The standard InChI is InChI=1S/C14H18N4/c1-4-12-7-11-9-16-13(8-15)17-14(11)18(12)6-5-10(2)3/h7,9-10H,4-6H2,1-3H3. The molecule has 0 unspecified atom stereocenters. The van der Waals surface area contributed by atoms with Gasteiger partial charge in [0.15, 0.2) is 0 Å². The number of rotatable bonds is 4. The largest absolute Gasteiger partial charge is 0.330 e. The van der Waals surface area contributed by atoms with Gasteiger partial charge in [0.05, 0.1) is 0 Å². The summed E-state index contributed by atoms with van der Waals surface area (Å²) in [4.78, 5) is 8.35. The Morgan fingerprint density at radius 1 is 1.44 bits per heavy atom. The molecule has 0 aliphatic carbocycles. The van der Waals surface area contributed by atoms with Gasteiger partial charge < -0.3 is 4.57 Å². The van der Waals surface area contributed by atoms with Crippen LogP contribution in [0.3, 0.4) is 0 Å². The molecule has 0 spiro atoms. The number of fused-ring (bicyclic) bond motifs is 1. The van der Waals surface area contributed by atoms with Gasteiger partial charge in [-0.3, -0.25) is 0 Å². The van der Waals surface area contributed by atoms with Crippen molar-refractivity contribution in [1.82, 2.24) is 14.5 Å². The van der Waals surface area contributed by atoms with Crippen LogP contribution in [-0.2, 0) is 13.0 Å². The molecular formula is C14H18N4. The minimum atomic E-state index is 0.244. The van der Waals surface area contributed by atoms with Crippen molar-refractivity contribution in [2.75, 3.05) is 0 Å². The molecule has 0 bridgehead atoms. The lowest BCUT2D eigenvalue weighted by Crippen LogP contribution is -2.06. The van der Waals surface area contributed by atoms with Crippen molar-refractivity contribution in [3.63, 3.8) is 0 Å². The van der Waals surface area contributed by atoms with Crippen molar-refractivity contribution < 1.29 is 0 Å². The quantitative estimate of drug-likeness (QED) is 0.828. The van der Waals surface area contributed by atoms with Gasteiger partial charge in [-0.15, -0.1) is 0 Å². The molecule has 0 saturated heterocycles. The lowest BCUT2D eigenvalue weighted by atomic mass is 10.1. The first-order valence-electron chi connectivity index (χ1n) is 6.41. The predicted molar refractivity (Wildman–Crippen MR) is 71.1 cm³/mol. The molecular weight excluding hydrogens is 224 g/mol. The second-order valence-electron chi connectivity index (χ2n) is 4.91. The third kappa shape index (κ3) is 2.35. The molecule has 0 aliphatic rings. The monoisotopic (exact) mass is 242 g/mol. The highest BCUT2D eigenvalue weighted by atomic mass is 15.1. The maximum absolute atomic E-state index is 8.89. The zero-order valence-electron chi connectivity index (χ0n) is 11.1. The van der Waals surface area contributed by atoms with Crippen LogP contribution in [0.1, 0.15) is 38.7 Å². The molecule has 94 valence electrons. The topological polar surface area (TPSA) is 54.5 Å². The number of hydrogen-bond donors (Lipinski definition) is 0. The highest BCUT2D eigenvalue weighted by Gasteiger charge is 2.10. The van der Waals surface area contributed by atoms with Gasteiger partial charge in [-0.2, -0.15) is 5.26 Å². The van der Waals surface area contributed by atoms with Crippen molar-refractivity contribution >= 4 is 11.0 Å². The van der Waals surface area contributed by atoms with Crippen LogP contribution in [0.5, 0.6) is 0 Å². The van der Waals surface area contributed by atoms with Gasteiger partial charge in [-0.05, 0) is 24.8 Å². The lowest BCUT2D eigenvalue weighted by molar-refractivity contribution is 0.515. The third-order valence-electron chi connectivity index (χ3n) is 3.11. The van der Waals surface area contributed by atoms with Crippen LogP contribution in [0.25, 0.3) is 11.0 Å². The molecule has 0 fully saturated rings. The van der Waals surface area contributed by atoms with Gasteiger partial charge in [0.25, 0.3) is 0 Å². The summed E-state index contributed by atoms with van der Waals surface area (Å²) in [5, 5.41) is 9.91. The molecule has 0 amide bonds. The summed E-state index contributed by atoms with van der Waals surface area (Å²) < 4.78 is 2.22. The van der Waals surface area contributed by atoms with Gasteiger partial charge >= 0.3 is 0 Å². The van der Waals surface area contributed by atoms with Crippen LogP contribution >= 0.6 is 0 Å². The summed E-state index contributed by atoms with van der Waals surface area (Å²) >= 11 is 0. The molecule has 0 atom stereocenters. The van der Waals surface area contributed by atoms with Crippen LogP contribution in [0.2, 0.25) is 0 Å². The Kier molecular flexibility index (Phi) is 3.61. The van der Waals surface area contributed by atoms with Crippen LogP contribution < -0.4 is 0 Å². The summed E-state index contributed by atoms with van der Waals surface area (Å²) in [6.45, 7) is 7.52. The van der Waals surface area contributed by atoms with E-state index in [-0.39, 0.29) is 5.82 Å². The smallest absolute Gasteiger partial charge is 0.234 e. The van der Waals surface area contributed by atoms with Crippen molar-refractivity contribution in [2.24, 2.45) is 5.92 Å². The Bertz CT molecular complexity index is 590. The first-order valence-corrected chi connectivity index (χ1v) is 6.41. The molecule has 2 aromatic rings. The van der Waals surface area contributed by atoms with E-state index in [4.69, 9.17) is 5.26 Å². The zero-order valence-corrected chi connectivity index (χ0v) is 11.1.